The van der Waals surface area contributed by atoms with Gasteiger partial charge in [0, 0.05) is 0 Å². The molecule has 0 N–H and O–H groups in total. The summed E-state index contributed by atoms with van der Waals surface area (Å²) in [5.74, 6) is 4.93. The summed E-state index contributed by atoms with van der Waals surface area (Å²) < 4.78 is 0. The van der Waals surface area contributed by atoms with E-state index in [2.05, 4.69) is 19.9 Å². The average Bonchev–Trinajstić information content (AvgIpc) is 2.78. The van der Waals surface area contributed by atoms with Crippen molar-refractivity contribution in [1.82, 2.24) is 0 Å². The van der Waals surface area contributed by atoms with Gasteiger partial charge in [-0.1, -0.05) is 78.1 Å². The molecule has 0 saturated heterocycles. The second kappa shape index (κ2) is 11.8. The van der Waals surface area contributed by atoms with Crippen LogP contribution < -0.4 is 0 Å². The quantitative estimate of drug-likeness (QED) is 0.355. The minimum atomic E-state index is 0.0318. The van der Waals surface area contributed by atoms with E-state index in [1.54, 1.807) is 0 Å². The van der Waals surface area contributed by atoms with Gasteiger partial charge < -0.3 is 0 Å². The van der Waals surface area contributed by atoms with E-state index in [-0.39, 0.29) is 5.41 Å². The summed E-state index contributed by atoms with van der Waals surface area (Å²) in [6, 6.07) is 2.77. The normalized spacial score (nSPS) is 38.4. The van der Waals surface area contributed by atoms with Gasteiger partial charge >= 0.3 is 0 Å². The standard InChI is InChI=1S/C28H49N/c1-3-5-6-7-9-23-11-13-24(14-12-23)25-15-17-26(18-16-25)27-10-8-20-28(21-27,22-29)19-4-2/h23-27H,3-21H2,1-2H3. The molecule has 0 aromatic rings. The van der Waals surface area contributed by atoms with Crippen molar-refractivity contribution >= 4 is 0 Å². The molecule has 0 heterocycles. The maximum Gasteiger partial charge on any atom is 0.0689 e. The van der Waals surface area contributed by atoms with E-state index in [0.717, 1.165) is 36.0 Å². The Hall–Kier alpha value is -0.510. The molecular weight excluding hydrogens is 350 g/mol. The van der Waals surface area contributed by atoms with Crippen molar-refractivity contribution < 1.29 is 0 Å². The van der Waals surface area contributed by atoms with E-state index in [4.69, 9.17) is 0 Å². The molecule has 3 rings (SSSR count). The number of nitriles is 1. The monoisotopic (exact) mass is 399 g/mol. The van der Waals surface area contributed by atoms with Crippen LogP contribution in [0.15, 0.2) is 0 Å². The highest BCUT2D eigenvalue weighted by atomic mass is 14.5. The van der Waals surface area contributed by atoms with Gasteiger partial charge in [-0.3, -0.25) is 0 Å². The molecule has 0 aromatic carbocycles. The van der Waals surface area contributed by atoms with Gasteiger partial charge in [-0.2, -0.15) is 5.26 Å². The van der Waals surface area contributed by atoms with Crippen molar-refractivity contribution in [2.45, 2.75) is 136 Å². The predicted octanol–water partition coefficient (Wildman–Crippen LogP) is 9.07. The molecule has 2 unspecified atom stereocenters. The van der Waals surface area contributed by atoms with Crippen LogP contribution in [0.3, 0.4) is 0 Å². The van der Waals surface area contributed by atoms with Crippen molar-refractivity contribution in [2.75, 3.05) is 0 Å². The smallest absolute Gasteiger partial charge is 0.0689 e. The fourth-order valence-electron chi connectivity index (χ4n) is 7.57. The maximum atomic E-state index is 9.85. The Morgan fingerprint density at radius 2 is 1.34 bits per heavy atom. The molecule has 0 bridgehead atoms. The molecular formula is C28H49N. The van der Waals surface area contributed by atoms with Crippen LogP contribution in [-0.4, -0.2) is 0 Å². The molecule has 0 amide bonds. The summed E-state index contributed by atoms with van der Waals surface area (Å²) in [6.07, 6.45) is 26.8. The summed E-state index contributed by atoms with van der Waals surface area (Å²) in [4.78, 5) is 0. The van der Waals surface area contributed by atoms with Gasteiger partial charge in [0.2, 0.25) is 0 Å². The third-order valence-corrected chi connectivity index (χ3v) is 9.36. The first-order chi connectivity index (χ1) is 14.2. The van der Waals surface area contributed by atoms with Crippen LogP contribution in [0.4, 0.5) is 0 Å². The zero-order chi connectivity index (χ0) is 20.5. The first kappa shape index (κ1) is 23.2. The number of hydrogen-bond donors (Lipinski definition) is 0. The Kier molecular flexibility index (Phi) is 9.40. The number of rotatable bonds is 9. The lowest BCUT2D eigenvalue weighted by Gasteiger charge is -2.43. The second-order valence-corrected chi connectivity index (χ2v) is 11.3. The molecule has 3 saturated carbocycles. The van der Waals surface area contributed by atoms with Crippen LogP contribution in [-0.2, 0) is 0 Å². The van der Waals surface area contributed by atoms with E-state index >= 15 is 0 Å². The van der Waals surface area contributed by atoms with Crippen molar-refractivity contribution in [3.8, 4) is 6.07 Å². The first-order valence-corrected chi connectivity index (χ1v) is 13.6. The Labute approximate surface area is 182 Å². The number of unbranched alkanes of at least 4 members (excludes halogenated alkanes) is 3. The van der Waals surface area contributed by atoms with Crippen LogP contribution in [0, 0.1) is 46.3 Å². The first-order valence-electron chi connectivity index (χ1n) is 13.6. The van der Waals surface area contributed by atoms with Gasteiger partial charge in [0.1, 0.15) is 0 Å². The molecule has 1 nitrogen and oxygen atoms in total. The summed E-state index contributed by atoms with van der Waals surface area (Å²) in [5.41, 5.74) is 0.0318. The van der Waals surface area contributed by atoms with Gasteiger partial charge in [0.25, 0.3) is 0 Å². The Balaban J connectivity index is 1.38. The van der Waals surface area contributed by atoms with Crippen molar-refractivity contribution in [1.29, 1.82) is 5.26 Å². The zero-order valence-corrected chi connectivity index (χ0v) is 19.8. The van der Waals surface area contributed by atoms with Crippen LogP contribution in [0.5, 0.6) is 0 Å². The molecule has 166 valence electrons. The lowest BCUT2D eigenvalue weighted by atomic mass is 9.61. The molecule has 0 spiro atoms. The Morgan fingerprint density at radius 3 is 1.93 bits per heavy atom. The predicted molar refractivity (Wildman–Crippen MR) is 125 cm³/mol. The fraction of sp³-hybridized carbons (Fsp3) is 0.964. The molecule has 0 aromatic heterocycles. The van der Waals surface area contributed by atoms with E-state index < -0.39 is 0 Å². The lowest BCUT2D eigenvalue weighted by molar-refractivity contribution is 0.0820. The minimum absolute atomic E-state index is 0.0318. The third kappa shape index (κ3) is 6.48. The molecule has 3 aliphatic rings. The molecule has 3 fully saturated rings. The summed E-state index contributed by atoms with van der Waals surface area (Å²) in [5, 5.41) is 9.85. The van der Waals surface area contributed by atoms with E-state index in [1.807, 2.05) is 0 Å². The Morgan fingerprint density at radius 1 is 0.724 bits per heavy atom. The van der Waals surface area contributed by atoms with Gasteiger partial charge in [0.05, 0.1) is 11.5 Å². The molecule has 0 aliphatic heterocycles. The summed E-state index contributed by atoms with van der Waals surface area (Å²) >= 11 is 0. The van der Waals surface area contributed by atoms with Crippen LogP contribution in [0.25, 0.3) is 0 Å². The SMILES string of the molecule is CCCCCCC1CCC(C2CCC(C3CCCC(C#N)(CCC)C3)CC2)CC1. The van der Waals surface area contributed by atoms with Crippen LogP contribution in [0.2, 0.25) is 0 Å². The lowest BCUT2D eigenvalue weighted by Crippen LogP contribution is -2.34. The fourth-order valence-corrected chi connectivity index (χ4v) is 7.57. The summed E-state index contributed by atoms with van der Waals surface area (Å²) in [6.45, 7) is 4.58. The van der Waals surface area contributed by atoms with Gasteiger partial charge in [-0.15, -0.1) is 0 Å². The van der Waals surface area contributed by atoms with E-state index in [1.165, 1.54) is 116 Å². The Bertz CT molecular complexity index is 485. The van der Waals surface area contributed by atoms with Crippen molar-refractivity contribution in [3.05, 3.63) is 0 Å². The van der Waals surface area contributed by atoms with Crippen LogP contribution >= 0.6 is 0 Å². The largest absolute Gasteiger partial charge is 0.198 e. The van der Waals surface area contributed by atoms with Gasteiger partial charge in [0.15, 0.2) is 0 Å². The maximum absolute atomic E-state index is 9.85. The van der Waals surface area contributed by atoms with Crippen molar-refractivity contribution in [2.24, 2.45) is 35.0 Å². The zero-order valence-electron chi connectivity index (χ0n) is 19.8. The highest BCUT2D eigenvalue weighted by Crippen LogP contribution is 2.50. The summed E-state index contributed by atoms with van der Waals surface area (Å²) in [7, 11) is 0. The third-order valence-electron chi connectivity index (χ3n) is 9.36. The topological polar surface area (TPSA) is 23.8 Å². The van der Waals surface area contributed by atoms with Gasteiger partial charge in [-0.05, 0) is 87.4 Å². The van der Waals surface area contributed by atoms with E-state index in [9.17, 15) is 5.26 Å². The molecule has 1 heteroatoms. The molecule has 3 aliphatic carbocycles. The van der Waals surface area contributed by atoms with Gasteiger partial charge in [-0.25, -0.2) is 0 Å². The highest BCUT2D eigenvalue weighted by Gasteiger charge is 2.40. The average molecular weight is 400 g/mol. The number of hydrogen-bond acceptors (Lipinski definition) is 1. The minimum Gasteiger partial charge on any atom is -0.198 e. The molecule has 2 atom stereocenters. The highest BCUT2D eigenvalue weighted by molar-refractivity contribution is 5.03. The molecule has 29 heavy (non-hydrogen) atoms. The van der Waals surface area contributed by atoms with E-state index in [0.29, 0.717) is 0 Å². The molecule has 0 radical (unpaired) electrons. The second-order valence-electron chi connectivity index (χ2n) is 11.3. The van der Waals surface area contributed by atoms with Crippen LogP contribution in [0.1, 0.15) is 136 Å². The number of nitrogens with zero attached hydrogens (tertiary/aromatic N) is 1. The van der Waals surface area contributed by atoms with Crippen molar-refractivity contribution in [3.63, 3.8) is 0 Å².